The van der Waals surface area contributed by atoms with Gasteiger partial charge < -0.3 is 15.7 Å². The molecule has 0 saturated carbocycles. The van der Waals surface area contributed by atoms with E-state index >= 15 is 0 Å². The Morgan fingerprint density at radius 1 is 0.800 bits per heavy atom. The highest BCUT2D eigenvalue weighted by molar-refractivity contribution is 5.87. The molecule has 0 bridgehead atoms. The SMILES string of the molecule is CC(=O)/C=C(/C)O.CC(=O)/C=C(/C)O.O. The van der Waals surface area contributed by atoms with Crippen LogP contribution in [0.2, 0.25) is 0 Å². The lowest BCUT2D eigenvalue weighted by atomic mass is 10.4. The Kier molecular flexibility index (Phi) is 13.3. The molecule has 0 heterocycles. The standard InChI is InChI=1S/2C5H8O2.H2O/c2*1-4(6)3-5(2)7;/h2*3,6H,1-2H3;1H2/b2*4-3-;. The molecule has 0 aromatic heterocycles. The van der Waals surface area contributed by atoms with E-state index in [0.29, 0.717) is 0 Å². The van der Waals surface area contributed by atoms with Crippen LogP contribution in [0, 0.1) is 0 Å². The summed E-state index contributed by atoms with van der Waals surface area (Å²) in [5.74, 6) is -0.125. The molecule has 0 fully saturated rings. The van der Waals surface area contributed by atoms with E-state index in [1.54, 1.807) is 0 Å². The maximum Gasteiger partial charge on any atom is 0.155 e. The second kappa shape index (κ2) is 10.5. The lowest BCUT2D eigenvalue weighted by Crippen LogP contribution is -1.82. The van der Waals surface area contributed by atoms with Crippen LogP contribution in [-0.2, 0) is 9.59 Å². The lowest BCUT2D eigenvalue weighted by Gasteiger charge is -1.80. The van der Waals surface area contributed by atoms with Gasteiger partial charge in [-0.3, -0.25) is 9.59 Å². The van der Waals surface area contributed by atoms with E-state index in [-0.39, 0.29) is 28.6 Å². The van der Waals surface area contributed by atoms with E-state index in [1.165, 1.54) is 39.8 Å². The zero-order valence-corrected chi connectivity index (χ0v) is 9.37. The summed E-state index contributed by atoms with van der Waals surface area (Å²) in [6.45, 7) is 5.70. The number of hydrogen-bond acceptors (Lipinski definition) is 4. The highest BCUT2D eigenvalue weighted by Gasteiger charge is 1.83. The zero-order chi connectivity index (χ0) is 11.7. The second-order valence-corrected chi connectivity index (χ2v) is 2.79. The molecule has 0 rings (SSSR count). The first-order valence-corrected chi connectivity index (χ1v) is 4.01. The molecular weight excluding hydrogens is 200 g/mol. The minimum atomic E-state index is -0.125. The number of allylic oxidation sites excluding steroid dienone is 4. The molecule has 5 heteroatoms. The number of ketones is 2. The predicted molar refractivity (Wildman–Crippen MR) is 57.7 cm³/mol. The molecule has 0 aromatic carbocycles. The molecule has 0 aliphatic heterocycles. The van der Waals surface area contributed by atoms with Crippen LogP contribution in [0.25, 0.3) is 0 Å². The van der Waals surface area contributed by atoms with Crippen molar-refractivity contribution < 1.29 is 25.3 Å². The topological polar surface area (TPSA) is 106 Å². The van der Waals surface area contributed by atoms with Gasteiger partial charge in [-0.2, -0.15) is 0 Å². The minimum Gasteiger partial charge on any atom is -0.512 e. The van der Waals surface area contributed by atoms with Crippen molar-refractivity contribution in [1.82, 2.24) is 0 Å². The Labute approximate surface area is 89.0 Å². The average molecular weight is 218 g/mol. The number of carbonyl (C=O) groups is 2. The quantitative estimate of drug-likeness (QED) is 0.537. The van der Waals surface area contributed by atoms with Gasteiger partial charge in [0.1, 0.15) is 0 Å². The van der Waals surface area contributed by atoms with E-state index in [9.17, 15) is 9.59 Å². The molecule has 0 unspecified atom stereocenters. The molecular formula is C10H18O5. The first kappa shape index (κ1) is 19.0. The third-order valence-corrected chi connectivity index (χ3v) is 0.824. The van der Waals surface area contributed by atoms with Gasteiger partial charge in [-0.25, -0.2) is 0 Å². The van der Waals surface area contributed by atoms with Crippen LogP contribution < -0.4 is 0 Å². The predicted octanol–water partition coefficient (Wildman–Crippen LogP) is 1.25. The summed E-state index contributed by atoms with van der Waals surface area (Å²) in [5.41, 5.74) is 0. The van der Waals surface area contributed by atoms with E-state index in [4.69, 9.17) is 10.2 Å². The molecule has 0 spiro atoms. The molecule has 88 valence electrons. The Bertz CT molecular complexity index is 227. The number of aliphatic hydroxyl groups excluding tert-OH is 2. The Morgan fingerprint density at radius 2 is 1.00 bits per heavy atom. The van der Waals surface area contributed by atoms with Gasteiger partial charge in [0.2, 0.25) is 0 Å². The zero-order valence-electron chi connectivity index (χ0n) is 9.37. The van der Waals surface area contributed by atoms with E-state index in [0.717, 1.165) is 0 Å². The first-order valence-electron chi connectivity index (χ1n) is 4.01. The summed E-state index contributed by atoms with van der Waals surface area (Å²) < 4.78 is 0. The molecule has 0 amide bonds. The maximum atomic E-state index is 10.0. The fourth-order valence-electron chi connectivity index (χ4n) is 0.588. The van der Waals surface area contributed by atoms with E-state index in [2.05, 4.69) is 0 Å². The van der Waals surface area contributed by atoms with Crippen LogP contribution in [0.4, 0.5) is 0 Å². The van der Waals surface area contributed by atoms with Crippen LogP contribution in [0.1, 0.15) is 27.7 Å². The largest absolute Gasteiger partial charge is 0.512 e. The van der Waals surface area contributed by atoms with Crippen molar-refractivity contribution in [2.24, 2.45) is 0 Å². The van der Waals surface area contributed by atoms with Gasteiger partial charge in [-0.1, -0.05) is 0 Å². The van der Waals surface area contributed by atoms with Crippen molar-refractivity contribution in [2.45, 2.75) is 27.7 Å². The van der Waals surface area contributed by atoms with Crippen molar-refractivity contribution in [3.8, 4) is 0 Å². The first-order chi connectivity index (χ1) is 6.25. The van der Waals surface area contributed by atoms with Crippen LogP contribution in [0.15, 0.2) is 23.7 Å². The molecule has 0 aliphatic carbocycles. The van der Waals surface area contributed by atoms with Gasteiger partial charge in [0.25, 0.3) is 0 Å². The molecule has 5 nitrogen and oxygen atoms in total. The number of carbonyl (C=O) groups excluding carboxylic acids is 2. The summed E-state index contributed by atoms with van der Waals surface area (Å²) in [4.78, 5) is 20.0. The minimum absolute atomic E-state index is 0. The van der Waals surface area contributed by atoms with Gasteiger partial charge in [0, 0.05) is 12.2 Å². The number of aliphatic hydroxyl groups is 2. The van der Waals surface area contributed by atoms with E-state index in [1.807, 2.05) is 0 Å². The highest BCUT2D eigenvalue weighted by atomic mass is 16.3. The van der Waals surface area contributed by atoms with Crippen molar-refractivity contribution in [2.75, 3.05) is 0 Å². The van der Waals surface area contributed by atoms with Crippen molar-refractivity contribution >= 4 is 11.6 Å². The fourth-order valence-corrected chi connectivity index (χ4v) is 0.588. The number of rotatable bonds is 2. The third-order valence-electron chi connectivity index (χ3n) is 0.824. The molecule has 0 saturated heterocycles. The summed E-state index contributed by atoms with van der Waals surface area (Å²) in [6.07, 6.45) is 2.33. The van der Waals surface area contributed by atoms with Crippen LogP contribution in [0.3, 0.4) is 0 Å². The van der Waals surface area contributed by atoms with Gasteiger partial charge in [0.15, 0.2) is 11.6 Å². The summed E-state index contributed by atoms with van der Waals surface area (Å²) in [7, 11) is 0. The van der Waals surface area contributed by atoms with Gasteiger partial charge in [-0.05, 0) is 27.7 Å². The molecule has 0 radical (unpaired) electrons. The summed E-state index contributed by atoms with van der Waals surface area (Å²) in [5, 5.41) is 16.7. The Balaban J connectivity index is -0.000000180. The average Bonchev–Trinajstić information content (AvgIpc) is 1.79. The highest BCUT2D eigenvalue weighted by Crippen LogP contribution is 1.82. The van der Waals surface area contributed by atoms with Crippen LogP contribution in [-0.4, -0.2) is 27.3 Å². The smallest absolute Gasteiger partial charge is 0.155 e. The van der Waals surface area contributed by atoms with Crippen molar-refractivity contribution in [1.29, 1.82) is 0 Å². The Hall–Kier alpha value is -1.62. The summed E-state index contributed by atoms with van der Waals surface area (Å²) in [6, 6.07) is 0. The summed E-state index contributed by atoms with van der Waals surface area (Å²) >= 11 is 0. The molecule has 0 atom stereocenters. The fraction of sp³-hybridized carbons (Fsp3) is 0.400. The van der Waals surface area contributed by atoms with E-state index < -0.39 is 0 Å². The van der Waals surface area contributed by atoms with Crippen molar-refractivity contribution in [3.63, 3.8) is 0 Å². The van der Waals surface area contributed by atoms with Gasteiger partial charge in [0.05, 0.1) is 11.5 Å². The molecule has 4 N–H and O–H groups in total. The van der Waals surface area contributed by atoms with Gasteiger partial charge >= 0.3 is 0 Å². The molecule has 15 heavy (non-hydrogen) atoms. The maximum absolute atomic E-state index is 10.0. The van der Waals surface area contributed by atoms with Crippen LogP contribution >= 0.6 is 0 Å². The van der Waals surface area contributed by atoms with Gasteiger partial charge in [-0.15, -0.1) is 0 Å². The third kappa shape index (κ3) is 32.8. The molecule has 0 aromatic rings. The normalized spacial score (nSPS) is 10.7. The molecule has 0 aliphatic rings. The lowest BCUT2D eigenvalue weighted by molar-refractivity contribution is -0.113. The van der Waals surface area contributed by atoms with Crippen molar-refractivity contribution in [3.05, 3.63) is 23.7 Å². The van der Waals surface area contributed by atoms with Crippen LogP contribution in [0.5, 0.6) is 0 Å². The second-order valence-electron chi connectivity index (χ2n) is 2.79. The monoisotopic (exact) mass is 218 g/mol. The number of hydrogen-bond donors (Lipinski definition) is 2. The Morgan fingerprint density at radius 3 is 1.00 bits per heavy atom.